The molecule has 3 aliphatic heterocycles. The van der Waals surface area contributed by atoms with E-state index in [1.54, 1.807) is 0 Å². The van der Waals surface area contributed by atoms with Crippen molar-refractivity contribution in [2.45, 2.75) is 18.6 Å². The molecule has 5 rings (SSSR count). The van der Waals surface area contributed by atoms with Crippen LogP contribution >= 0.6 is 0 Å². The molecular weight excluding hydrogens is 316 g/mol. The number of hydrogen-bond acceptors (Lipinski definition) is 4. The Labute approximate surface area is 146 Å². The highest BCUT2D eigenvalue weighted by atomic mass is 16.5. The Hall–Kier alpha value is -2.37. The van der Waals surface area contributed by atoms with Gasteiger partial charge in [0, 0.05) is 19.0 Å². The molecule has 0 fully saturated rings. The largest absolute Gasteiger partial charge is 0.491 e. The maximum Gasteiger partial charge on any atom is 0.258 e. The molecule has 0 saturated carbocycles. The fourth-order valence-corrected chi connectivity index (χ4v) is 4.25. The molecule has 5 nitrogen and oxygen atoms in total. The van der Waals surface area contributed by atoms with Gasteiger partial charge in [-0.3, -0.25) is 4.79 Å². The number of benzene rings is 2. The molecule has 2 unspecified atom stereocenters. The molecular formula is C20H20N2O3. The monoisotopic (exact) mass is 336 g/mol. The molecule has 2 aromatic carbocycles. The minimum Gasteiger partial charge on any atom is -0.491 e. The second-order valence-electron chi connectivity index (χ2n) is 6.98. The SMILES string of the molecule is CN1Cc2c(cc3c4c2NC(=O)C4OCCO3)C(c2ccccc2)C1. The second-order valence-corrected chi connectivity index (χ2v) is 6.98. The van der Waals surface area contributed by atoms with Crippen molar-refractivity contribution in [2.24, 2.45) is 0 Å². The summed E-state index contributed by atoms with van der Waals surface area (Å²) in [5, 5.41) is 3.06. The molecule has 5 heteroatoms. The number of nitrogens with one attached hydrogen (secondary N) is 1. The van der Waals surface area contributed by atoms with Crippen molar-refractivity contribution in [1.82, 2.24) is 4.90 Å². The van der Waals surface area contributed by atoms with Gasteiger partial charge in [-0.1, -0.05) is 30.3 Å². The average molecular weight is 336 g/mol. The predicted octanol–water partition coefficient (Wildman–Crippen LogP) is 2.67. The summed E-state index contributed by atoms with van der Waals surface area (Å²) in [7, 11) is 2.12. The first-order valence-corrected chi connectivity index (χ1v) is 8.71. The van der Waals surface area contributed by atoms with Gasteiger partial charge in [0.15, 0.2) is 6.10 Å². The lowest BCUT2D eigenvalue weighted by Gasteiger charge is -2.34. The van der Waals surface area contributed by atoms with E-state index in [1.807, 2.05) is 6.07 Å². The van der Waals surface area contributed by atoms with E-state index in [1.165, 1.54) is 16.7 Å². The summed E-state index contributed by atoms with van der Waals surface area (Å²) in [5.41, 5.74) is 5.50. The predicted molar refractivity (Wildman–Crippen MR) is 93.9 cm³/mol. The first kappa shape index (κ1) is 14.9. The highest BCUT2D eigenvalue weighted by Crippen LogP contribution is 2.48. The molecule has 1 N–H and O–H groups in total. The summed E-state index contributed by atoms with van der Waals surface area (Å²) < 4.78 is 11.7. The van der Waals surface area contributed by atoms with Gasteiger partial charge in [-0.2, -0.15) is 0 Å². The van der Waals surface area contributed by atoms with Crippen molar-refractivity contribution in [2.75, 3.05) is 32.1 Å². The number of likely N-dealkylation sites (N-methyl/N-ethyl adjacent to an activating group) is 1. The summed E-state index contributed by atoms with van der Waals surface area (Å²) in [6, 6.07) is 12.7. The van der Waals surface area contributed by atoms with Crippen LogP contribution in [0.4, 0.5) is 5.69 Å². The standard InChI is InChI=1S/C20H20N2O3/c1-22-10-14(12-5-3-2-4-6-12)13-9-16-17-18(15(13)11-22)21-20(23)19(17)25-8-7-24-16/h2-6,9,14,19H,7-8,10-11H2,1H3,(H,21,23). The summed E-state index contributed by atoms with van der Waals surface area (Å²) in [6.07, 6.45) is -0.541. The molecule has 2 atom stereocenters. The van der Waals surface area contributed by atoms with E-state index >= 15 is 0 Å². The Kier molecular flexibility index (Phi) is 3.33. The fraction of sp³-hybridized carbons (Fsp3) is 0.350. The van der Waals surface area contributed by atoms with Gasteiger partial charge in [-0.25, -0.2) is 0 Å². The molecule has 3 aliphatic rings. The minimum absolute atomic E-state index is 0.0837. The van der Waals surface area contributed by atoms with Crippen LogP contribution in [0.15, 0.2) is 36.4 Å². The maximum absolute atomic E-state index is 12.4. The Morgan fingerprint density at radius 2 is 2.04 bits per heavy atom. The molecule has 0 aliphatic carbocycles. The van der Waals surface area contributed by atoms with E-state index in [9.17, 15) is 4.79 Å². The maximum atomic E-state index is 12.4. The minimum atomic E-state index is -0.541. The van der Waals surface area contributed by atoms with Crippen molar-refractivity contribution < 1.29 is 14.3 Å². The van der Waals surface area contributed by atoms with Gasteiger partial charge >= 0.3 is 0 Å². The third-order valence-electron chi connectivity index (χ3n) is 5.35. The summed E-state index contributed by atoms with van der Waals surface area (Å²) in [5.74, 6) is 0.972. The van der Waals surface area contributed by atoms with Gasteiger partial charge in [-0.15, -0.1) is 0 Å². The van der Waals surface area contributed by atoms with Gasteiger partial charge in [-0.05, 0) is 29.8 Å². The van der Waals surface area contributed by atoms with Gasteiger partial charge in [0.2, 0.25) is 0 Å². The first-order valence-electron chi connectivity index (χ1n) is 8.71. The van der Waals surface area contributed by atoms with Crippen molar-refractivity contribution >= 4 is 11.6 Å². The number of carbonyl (C=O) groups excluding carboxylic acids is 1. The zero-order valence-electron chi connectivity index (χ0n) is 14.1. The van der Waals surface area contributed by atoms with Gasteiger partial charge < -0.3 is 19.7 Å². The lowest BCUT2D eigenvalue weighted by atomic mass is 9.83. The van der Waals surface area contributed by atoms with E-state index < -0.39 is 6.10 Å². The Morgan fingerprint density at radius 1 is 1.20 bits per heavy atom. The molecule has 1 amide bonds. The van der Waals surface area contributed by atoms with Crippen LogP contribution in [-0.2, 0) is 16.1 Å². The number of anilines is 1. The van der Waals surface area contributed by atoms with Crippen molar-refractivity contribution in [3.8, 4) is 5.75 Å². The quantitative estimate of drug-likeness (QED) is 0.870. The number of hydrogen-bond donors (Lipinski definition) is 1. The lowest BCUT2D eigenvalue weighted by molar-refractivity contribution is -0.126. The normalized spacial score (nSPS) is 24.8. The first-order chi connectivity index (χ1) is 12.2. The number of fused-ring (bicyclic) bond motifs is 2. The third-order valence-corrected chi connectivity index (χ3v) is 5.35. The molecule has 25 heavy (non-hydrogen) atoms. The number of carbonyl (C=O) groups is 1. The van der Waals surface area contributed by atoms with Crippen molar-refractivity contribution in [3.05, 3.63) is 58.7 Å². The van der Waals surface area contributed by atoms with Gasteiger partial charge in [0.25, 0.3) is 5.91 Å². The van der Waals surface area contributed by atoms with E-state index in [-0.39, 0.29) is 11.8 Å². The number of rotatable bonds is 1. The molecule has 0 saturated heterocycles. The Bertz CT molecular complexity index is 850. The van der Waals surface area contributed by atoms with Crippen LogP contribution < -0.4 is 10.1 Å². The van der Waals surface area contributed by atoms with E-state index in [4.69, 9.17) is 9.47 Å². The third kappa shape index (κ3) is 2.27. The Morgan fingerprint density at radius 3 is 2.88 bits per heavy atom. The molecule has 0 spiro atoms. The van der Waals surface area contributed by atoms with E-state index in [0.717, 1.165) is 30.1 Å². The van der Waals surface area contributed by atoms with Crippen LogP contribution in [0.2, 0.25) is 0 Å². The molecule has 0 bridgehead atoms. The van der Waals surface area contributed by atoms with E-state index in [0.29, 0.717) is 13.2 Å². The number of amides is 1. The van der Waals surface area contributed by atoms with Crippen LogP contribution in [0.5, 0.6) is 5.75 Å². The van der Waals surface area contributed by atoms with Gasteiger partial charge in [0.1, 0.15) is 12.4 Å². The fourth-order valence-electron chi connectivity index (χ4n) is 4.25. The highest BCUT2D eigenvalue weighted by Gasteiger charge is 2.40. The van der Waals surface area contributed by atoms with Crippen LogP contribution in [-0.4, -0.2) is 37.6 Å². The molecule has 3 heterocycles. The number of nitrogens with zero attached hydrogens (tertiary/aromatic N) is 1. The van der Waals surface area contributed by atoms with E-state index in [2.05, 4.69) is 47.6 Å². The second kappa shape index (κ2) is 5.58. The topological polar surface area (TPSA) is 50.8 Å². The smallest absolute Gasteiger partial charge is 0.258 e. The molecule has 2 aromatic rings. The zero-order chi connectivity index (χ0) is 17.0. The molecule has 0 radical (unpaired) electrons. The van der Waals surface area contributed by atoms with Crippen LogP contribution in [0.1, 0.15) is 34.3 Å². The van der Waals surface area contributed by atoms with Crippen LogP contribution in [0.3, 0.4) is 0 Å². The molecule has 128 valence electrons. The average Bonchev–Trinajstić information content (AvgIpc) is 2.82. The summed E-state index contributed by atoms with van der Waals surface area (Å²) >= 11 is 0. The van der Waals surface area contributed by atoms with Crippen LogP contribution in [0, 0.1) is 0 Å². The number of ether oxygens (including phenoxy) is 2. The Balaban J connectivity index is 1.72. The summed E-state index contributed by atoms with van der Waals surface area (Å²) in [4.78, 5) is 14.7. The molecule has 0 aromatic heterocycles. The summed E-state index contributed by atoms with van der Waals surface area (Å²) in [6.45, 7) is 2.67. The zero-order valence-corrected chi connectivity index (χ0v) is 14.1. The van der Waals surface area contributed by atoms with Crippen molar-refractivity contribution in [1.29, 1.82) is 0 Å². The van der Waals surface area contributed by atoms with Crippen LogP contribution in [0.25, 0.3) is 0 Å². The highest BCUT2D eigenvalue weighted by molar-refractivity contribution is 6.04. The van der Waals surface area contributed by atoms with Gasteiger partial charge in [0.05, 0.1) is 17.9 Å². The van der Waals surface area contributed by atoms with Crippen molar-refractivity contribution in [3.63, 3.8) is 0 Å². The lowest BCUT2D eigenvalue weighted by Crippen LogP contribution is -2.31.